The molecular formula is C13H19N3O. The normalized spacial score (nSPS) is 15.7. The zero-order chi connectivity index (χ0) is 12.1. The van der Waals surface area contributed by atoms with E-state index < -0.39 is 0 Å². The molecule has 2 rings (SSSR count). The van der Waals surface area contributed by atoms with Crippen molar-refractivity contribution in [3.8, 4) is 0 Å². The average Bonchev–Trinajstić information content (AvgIpc) is 2.40. The number of nitrogens with one attached hydrogen (secondary N) is 2. The molecule has 4 nitrogen and oxygen atoms in total. The molecule has 17 heavy (non-hydrogen) atoms. The lowest BCUT2D eigenvalue weighted by Crippen LogP contribution is -2.36. The van der Waals surface area contributed by atoms with Crippen LogP contribution in [0.4, 0.5) is 11.4 Å². The molecule has 1 heterocycles. The minimum Gasteiger partial charge on any atom is -0.378 e. The number of amidine groups is 1. The van der Waals surface area contributed by atoms with Crippen molar-refractivity contribution in [1.29, 1.82) is 5.41 Å². The Morgan fingerprint density at radius 1 is 1.35 bits per heavy atom. The Morgan fingerprint density at radius 3 is 2.76 bits per heavy atom. The summed E-state index contributed by atoms with van der Waals surface area (Å²) in [6, 6.07) is 8.15. The van der Waals surface area contributed by atoms with E-state index in [1.54, 1.807) is 0 Å². The standard InChI is InChI=1S/C13H19N3O/c1-2-13(14)15-11-5-3-4-6-12(11)16-7-9-17-10-8-16/h3-6H,2,7-10H2,1H3,(H2,14,15). The van der Waals surface area contributed by atoms with E-state index in [0.29, 0.717) is 5.84 Å². The highest BCUT2D eigenvalue weighted by Crippen LogP contribution is 2.26. The van der Waals surface area contributed by atoms with Crippen LogP contribution in [-0.2, 0) is 4.74 Å². The molecule has 0 atom stereocenters. The lowest BCUT2D eigenvalue weighted by Gasteiger charge is -2.30. The van der Waals surface area contributed by atoms with Gasteiger partial charge in [-0.2, -0.15) is 0 Å². The summed E-state index contributed by atoms with van der Waals surface area (Å²) in [7, 11) is 0. The van der Waals surface area contributed by atoms with Crippen LogP contribution in [0.1, 0.15) is 13.3 Å². The van der Waals surface area contributed by atoms with Crippen molar-refractivity contribution in [1.82, 2.24) is 0 Å². The maximum Gasteiger partial charge on any atom is 0.0973 e. The fraction of sp³-hybridized carbons (Fsp3) is 0.462. The minimum atomic E-state index is 0.547. The van der Waals surface area contributed by atoms with Gasteiger partial charge in [0, 0.05) is 19.5 Å². The molecule has 0 aromatic heterocycles. The summed E-state index contributed by atoms with van der Waals surface area (Å²) in [5.41, 5.74) is 2.18. The van der Waals surface area contributed by atoms with E-state index in [-0.39, 0.29) is 0 Å². The largest absolute Gasteiger partial charge is 0.378 e. The molecule has 1 fully saturated rings. The Labute approximate surface area is 102 Å². The number of benzene rings is 1. The SMILES string of the molecule is CCC(=N)Nc1ccccc1N1CCOCC1. The summed E-state index contributed by atoms with van der Waals surface area (Å²) < 4.78 is 5.36. The Balaban J connectivity index is 2.17. The quantitative estimate of drug-likeness (QED) is 0.622. The molecule has 0 unspecified atom stereocenters. The van der Waals surface area contributed by atoms with Gasteiger partial charge in [0.25, 0.3) is 0 Å². The second-order valence-electron chi connectivity index (χ2n) is 4.07. The first-order valence-corrected chi connectivity index (χ1v) is 6.07. The number of hydrogen-bond donors (Lipinski definition) is 2. The van der Waals surface area contributed by atoms with Crippen LogP contribution in [0, 0.1) is 5.41 Å². The first-order valence-electron chi connectivity index (χ1n) is 6.07. The third kappa shape index (κ3) is 2.97. The summed E-state index contributed by atoms with van der Waals surface area (Å²) in [4.78, 5) is 2.30. The van der Waals surface area contributed by atoms with Crippen molar-refractivity contribution < 1.29 is 4.74 Å². The highest BCUT2D eigenvalue weighted by Gasteiger charge is 2.14. The fourth-order valence-electron chi connectivity index (χ4n) is 1.91. The van der Waals surface area contributed by atoms with Crippen LogP contribution in [0.2, 0.25) is 0 Å². The molecule has 1 saturated heterocycles. The van der Waals surface area contributed by atoms with Crippen molar-refractivity contribution in [3.05, 3.63) is 24.3 Å². The molecule has 0 saturated carbocycles. The number of rotatable bonds is 3. The number of morpholine rings is 1. The number of anilines is 2. The molecule has 4 heteroatoms. The van der Waals surface area contributed by atoms with E-state index in [9.17, 15) is 0 Å². The molecule has 0 bridgehead atoms. The van der Waals surface area contributed by atoms with Gasteiger partial charge < -0.3 is 15.0 Å². The molecular weight excluding hydrogens is 214 g/mol. The topological polar surface area (TPSA) is 48.4 Å². The molecule has 2 N–H and O–H groups in total. The second kappa shape index (κ2) is 5.68. The van der Waals surface area contributed by atoms with E-state index in [1.165, 1.54) is 0 Å². The molecule has 0 spiro atoms. The van der Waals surface area contributed by atoms with Gasteiger partial charge in [-0.15, -0.1) is 0 Å². The van der Waals surface area contributed by atoms with Crippen LogP contribution >= 0.6 is 0 Å². The summed E-state index contributed by atoms with van der Waals surface area (Å²) >= 11 is 0. The number of hydrogen-bond acceptors (Lipinski definition) is 3. The lowest BCUT2D eigenvalue weighted by atomic mass is 10.2. The number of ether oxygens (including phenoxy) is 1. The van der Waals surface area contributed by atoms with Crippen molar-refractivity contribution >= 4 is 17.2 Å². The zero-order valence-electron chi connectivity index (χ0n) is 10.2. The van der Waals surface area contributed by atoms with Gasteiger partial charge in [-0.25, -0.2) is 0 Å². The van der Waals surface area contributed by atoms with Gasteiger partial charge in [0.2, 0.25) is 0 Å². The van der Waals surface area contributed by atoms with E-state index in [0.717, 1.165) is 44.1 Å². The summed E-state index contributed by atoms with van der Waals surface area (Å²) in [5.74, 6) is 0.547. The highest BCUT2D eigenvalue weighted by molar-refractivity contribution is 5.96. The zero-order valence-corrected chi connectivity index (χ0v) is 10.2. The van der Waals surface area contributed by atoms with Crippen molar-refractivity contribution in [2.24, 2.45) is 0 Å². The second-order valence-corrected chi connectivity index (χ2v) is 4.07. The third-order valence-electron chi connectivity index (χ3n) is 2.89. The Hall–Kier alpha value is -1.55. The molecule has 92 valence electrons. The van der Waals surface area contributed by atoms with Crippen LogP contribution in [0.25, 0.3) is 0 Å². The first kappa shape index (κ1) is 11.9. The summed E-state index contributed by atoms with van der Waals surface area (Å²) in [5, 5.41) is 10.9. The fourth-order valence-corrected chi connectivity index (χ4v) is 1.91. The molecule has 1 aliphatic heterocycles. The molecule has 0 aliphatic carbocycles. The smallest absolute Gasteiger partial charge is 0.0973 e. The van der Waals surface area contributed by atoms with Gasteiger partial charge in [-0.1, -0.05) is 19.1 Å². The average molecular weight is 233 g/mol. The Kier molecular flexibility index (Phi) is 3.98. The summed E-state index contributed by atoms with van der Waals surface area (Å²) in [6.45, 7) is 5.36. The number of para-hydroxylation sites is 2. The van der Waals surface area contributed by atoms with E-state index in [1.807, 2.05) is 25.1 Å². The maximum atomic E-state index is 7.73. The molecule has 1 aromatic rings. The number of nitrogens with zero attached hydrogens (tertiary/aromatic N) is 1. The van der Waals surface area contributed by atoms with Crippen molar-refractivity contribution in [2.75, 3.05) is 36.5 Å². The molecule has 0 amide bonds. The van der Waals surface area contributed by atoms with Gasteiger partial charge in [-0.3, -0.25) is 5.41 Å². The van der Waals surface area contributed by atoms with Crippen LogP contribution < -0.4 is 10.2 Å². The third-order valence-corrected chi connectivity index (χ3v) is 2.89. The van der Waals surface area contributed by atoms with E-state index >= 15 is 0 Å². The monoisotopic (exact) mass is 233 g/mol. The van der Waals surface area contributed by atoms with Crippen molar-refractivity contribution in [2.45, 2.75) is 13.3 Å². The van der Waals surface area contributed by atoms with Gasteiger partial charge >= 0.3 is 0 Å². The molecule has 1 aromatic carbocycles. The predicted octanol–water partition coefficient (Wildman–Crippen LogP) is 2.32. The summed E-state index contributed by atoms with van der Waals surface area (Å²) in [6.07, 6.45) is 0.720. The van der Waals surface area contributed by atoms with Crippen LogP contribution in [0.15, 0.2) is 24.3 Å². The predicted molar refractivity (Wildman–Crippen MR) is 71.1 cm³/mol. The van der Waals surface area contributed by atoms with Gasteiger partial charge in [0.1, 0.15) is 0 Å². The first-order chi connectivity index (χ1) is 8.31. The van der Waals surface area contributed by atoms with Gasteiger partial charge in [-0.05, 0) is 12.1 Å². The van der Waals surface area contributed by atoms with Crippen LogP contribution in [0.5, 0.6) is 0 Å². The molecule has 0 radical (unpaired) electrons. The van der Waals surface area contributed by atoms with Crippen LogP contribution in [-0.4, -0.2) is 32.1 Å². The lowest BCUT2D eigenvalue weighted by molar-refractivity contribution is 0.123. The Morgan fingerprint density at radius 2 is 2.06 bits per heavy atom. The Bertz CT molecular complexity index is 386. The van der Waals surface area contributed by atoms with E-state index in [2.05, 4.69) is 16.3 Å². The highest BCUT2D eigenvalue weighted by atomic mass is 16.5. The van der Waals surface area contributed by atoms with Crippen LogP contribution in [0.3, 0.4) is 0 Å². The van der Waals surface area contributed by atoms with Gasteiger partial charge in [0.05, 0.1) is 30.4 Å². The molecule has 1 aliphatic rings. The van der Waals surface area contributed by atoms with E-state index in [4.69, 9.17) is 10.1 Å². The minimum absolute atomic E-state index is 0.547. The van der Waals surface area contributed by atoms with Gasteiger partial charge in [0.15, 0.2) is 0 Å². The maximum absolute atomic E-state index is 7.73. The van der Waals surface area contributed by atoms with Crippen molar-refractivity contribution in [3.63, 3.8) is 0 Å².